The highest BCUT2D eigenvalue weighted by molar-refractivity contribution is 5.28. The number of aromatic nitrogens is 4. The summed E-state index contributed by atoms with van der Waals surface area (Å²) in [7, 11) is 0. The van der Waals surface area contributed by atoms with Crippen LogP contribution >= 0.6 is 0 Å². The van der Waals surface area contributed by atoms with Crippen LogP contribution in [0.15, 0.2) is 18.7 Å². The fourth-order valence-electron chi connectivity index (χ4n) is 3.87. The van der Waals surface area contributed by atoms with Crippen LogP contribution in [0.5, 0.6) is 0 Å². The van der Waals surface area contributed by atoms with Crippen LogP contribution in [-0.2, 0) is 19.5 Å². The van der Waals surface area contributed by atoms with Crippen molar-refractivity contribution in [2.45, 2.75) is 58.3 Å². The van der Waals surface area contributed by atoms with Crippen LogP contribution in [0, 0.1) is 6.92 Å². The second-order valence-corrected chi connectivity index (χ2v) is 6.11. The van der Waals surface area contributed by atoms with Crippen LogP contribution in [0.4, 0.5) is 0 Å². The first-order valence-corrected chi connectivity index (χ1v) is 7.83. The molecule has 2 aliphatic rings. The molecule has 1 fully saturated rings. The van der Waals surface area contributed by atoms with Crippen molar-refractivity contribution >= 4 is 0 Å². The van der Waals surface area contributed by atoms with Gasteiger partial charge in [0.2, 0.25) is 0 Å². The third-order valence-electron chi connectivity index (χ3n) is 4.93. The van der Waals surface area contributed by atoms with Gasteiger partial charge in [-0.25, -0.2) is 15.0 Å². The number of rotatable bonds is 3. The van der Waals surface area contributed by atoms with Crippen molar-refractivity contribution in [2.75, 3.05) is 0 Å². The largest absolute Gasteiger partial charge is 0.334 e. The summed E-state index contributed by atoms with van der Waals surface area (Å²) in [4.78, 5) is 16.0. The van der Waals surface area contributed by atoms with Gasteiger partial charge in [0.25, 0.3) is 0 Å². The summed E-state index contributed by atoms with van der Waals surface area (Å²) in [5.74, 6) is 0.894. The van der Waals surface area contributed by atoms with Gasteiger partial charge in [-0.2, -0.15) is 0 Å². The van der Waals surface area contributed by atoms with E-state index in [2.05, 4.69) is 31.3 Å². The van der Waals surface area contributed by atoms with Crippen molar-refractivity contribution in [3.8, 4) is 0 Å². The Balaban J connectivity index is 1.65. The first-order chi connectivity index (χ1) is 10.3. The summed E-state index contributed by atoms with van der Waals surface area (Å²) in [5.41, 5.74) is 3.93. The summed E-state index contributed by atoms with van der Waals surface area (Å²) in [6, 6.07) is 1.11. The molecule has 0 aliphatic carbocycles. The Morgan fingerprint density at radius 1 is 1.29 bits per heavy atom. The van der Waals surface area contributed by atoms with Gasteiger partial charge in [-0.15, -0.1) is 0 Å². The normalized spacial score (nSPS) is 24.3. The van der Waals surface area contributed by atoms with Gasteiger partial charge in [-0.3, -0.25) is 4.90 Å². The van der Waals surface area contributed by atoms with E-state index >= 15 is 0 Å². The van der Waals surface area contributed by atoms with Crippen molar-refractivity contribution in [1.29, 1.82) is 0 Å². The van der Waals surface area contributed by atoms with Crippen molar-refractivity contribution in [1.82, 2.24) is 24.4 Å². The Labute approximate surface area is 125 Å². The van der Waals surface area contributed by atoms with E-state index in [0.717, 1.165) is 25.3 Å². The fourth-order valence-corrected chi connectivity index (χ4v) is 3.87. The van der Waals surface area contributed by atoms with Gasteiger partial charge in [0.1, 0.15) is 5.82 Å². The number of fused-ring (bicyclic) bond motifs is 4. The lowest BCUT2D eigenvalue weighted by atomic mass is 9.99. The van der Waals surface area contributed by atoms with E-state index in [-0.39, 0.29) is 0 Å². The molecule has 0 radical (unpaired) electrons. The molecule has 0 amide bonds. The van der Waals surface area contributed by atoms with Crippen LogP contribution in [0.25, 0.3) is 0 Å². The zero-order chi connectivity index (χ0) is 14.4. The summed E-state index contributed by atoms with van der Waals surface area (Å²) in [6.45, 7) is 6.12. The molecule has 2 aromatic rings. The average Bonchev–Trinajstić information content (AvgIpc) is 3.03. The molecule has 0 saturated carbocycles. The smallest absolute Gasteiger partial charge is 0.125 e. The maximum atomic E-state index is 4.66. The molecule has 0 aromatic carbocycles. The Kier molecular flexibility index (Phi) is 3.03. The first kappa shape index (κ1) is 13.0. The van der Waals surface area contributed by atoms with E-state index in [1.807, 2.05) is 25.6 Å². The van der Waals surface area contributed by atoms with Crippen LogP contribution in [0.1, 0.15) is 48.6 Å². The van der Waals surface area contributed by atoms with Crippen LogP contribution in [0.2, 0.25) is 0 Å². The fraction of sp³-hybridized carbons (Fsp3) is 0.562. The molecule has 0 unspecified atom stereocenters. The van der Waals surface area contributed by atoms with E-state index in [0.29, 0.717) is 12.1 Å². The molecular formula is C16H21N5. The summed E-state index contributed by atoms with van der Waals surface area (Å²) < 4.78 is 2.24. The monoisotopic (exact) mass is 283 g/mol. The van der Waals surface area contributed by atoms with E-state index in [1.54, 1.807) is 0 Å². The van der Waals surface area contributed by atoms with E-state index in [9.17, 15) is 0 Å². The third kappa shape index (κ3) is 2.07. The maximum absolute atomic E-state index is 4.66. The predicted octanol–water partition coefficient (Wildman–Crippen LogP) is 2.26. The molecule has 0 spiro atoms. The van der Waals surface area contributed by atoms with Crippen molar-refractivity contribution in [3.63, 3.8) is 0 Å². The van der Waals surface area contributed by atoms with Gasteiger partial charge in [0.05, 0.1) is 17.7 Å². The third-order valence-corrected chi connectivity index (χ3v) is 4.93. The molecule has 2 aliphatic heterocycles. The summed E-state index contributed by atoms with van der Waals surface area (Å²) in [6.07, 6.45) is 9.54. The van der Waals surface area contributed by atoms with Crippen LogP contribution in [-0.4, -0.2) is 30.5 Å². The molecule has 2 atom stereocenters. The lowest BCUT2D eigenvalue weighted by Gasteiger charge is -2.35. The van der Waals surface area contributed by atoms with Gasteiger partial charge in [0.15, 0.2) is 0 Å². The minimum Gasteiger partial charge on any atom is -0.334 e. The number of nitrogens with zero attached hydrogens (tertiary/aromatic N) is 5. The Morgan fingerprint density at radius 3 is 3.05 bits per heavy atom. The molecule has 4 rings (SSSR count). The van der Waals surface area contributed by atoms with Gasteiger partial charge >= 0.3 is 0 Å². The minimum atomic E-state index is 0.486. The van der Waals surface area contributed by atoms with Crippen molar-refractivity contribution in [2.24, 2.45) is 0 Å². The Morgan fingerprint density at radius 2 is 2.19 bits per heavy atom. The number of hydrogen-bond acceptors (Lipinski definition) is 4. The van der Waals surface area contributed by atoms with Crippen LogP contribution in [0.3, 0.4) is 0 Å². The van der Waals surface area contributed by atoms with Gasteiger partial charge in [-0.05, 0) is 26.7 Å². The van der Waals surface area contributed by atoms with Gasteiger partial charge in [-0.1, -0.05) is 0 Å². The quantitative estimate of drug-likeness (QED) is 0.867. The van der Waals surface area contributed by atoms with E-state index < -0.39 is 0 Å². The van der Waals surface area contributed by atoms with Gasteiger partial charge < -0.3 is 4.57 Å². The number of imidazole rings is 1. The van der Waals surface area contributed by atoms with Crippen LogP contribution < -0.4 is 0 Å². The number of hydrogen-bond donors (Lipinski definition) is 0. The first-order valence-electron chi connectivity index (χ1n) is 7.83. The highest BCUT2D eigenvalue weighted by atomic mass is 15.2. The maximum Gasteiger partial charge on any atom is 0.125 e. The molecule has 2 bridgehead atoms. The molecule has 21 heavy (non-hydrogen) atoms. The summed E-state index contributed by atoms with van der Waals surface area (Å²) >= 11 is 0. The zero-order valence-electron chi connectivity index (χ0n) is 12.7. The summed E-state index contributed by atoms with van der Waals surface area (Å²) in [5, 5.41) is 0. The number of aryl methyl sites for hydroxylation is 2. The highest BCUT2D eigenvalue weighted by Gasteiger charge is 2.40. The minimum absolute atomic E-state index is 0.486. The lowest BCUT2D eigenvalue weighted by Crippen LogP contribution is -2.38. The molecular weight excluding hydrogens is 262 g/mol. The molecule has 2 aromatic heterocycles. The molecule has 0 N–H and O–H groups in total. The van der Waals surface area contributed by atoms with Crippen molar-refractivity contribution < 1.29 is 0 Å². The highest BCUT2D eigenvalue weighted by Crippen LogP contribution is 2.43. The standard InChI is InChI=1S/C16H21N5/c1-3-20-10-17-7-13(20)9-21-12-4-5-16(21)14-8-18-11(2)19-15(14)6-12/h7-8,10,12,16H,3-6,9H2,1-2H3/t12-,16-/m1/s1. The molecule has 5 heteroatoms. The van der Waals surface area contributed by atoms with E-state index in [1.165, 1.54) is 29.8 Å². The molecule has 4 heterocycles. The molecule has 1 saturated heterocycles. The SMILES string of the molecule is CCn1cncc1CN1[C@@H]2CC[C@@H]1c1cnc(C)nc1C2. The lowest BCUT2D eigenvalue weighted by molar-refractivity contribution is 0.162. The second kappa shape index (κ2) is 4.91. The van der Waals surface area contributed by atoms with Crippen molar-refractivity contribution in [3.05, 3.63) is 41.5 Å². The topological polar surface area (TPSA) is 46.8 Å². The Hall–Kier alpha value is -1.75. The van der Waals surface area contributed by atoms with E-state index in [4.69, 9.17) is 0 Å². The molecule has 5 nitrogen and oxygen atoms in total. The predicted molar refractivity (Wildman–Crippen MR) is 79.7 cm³/mol. The second-order valence-electron chi connectivity index (χ2n) is 6.11. The Bertz CT molecular complexity index is 662. The zero-order valence-corrected chi connectivity index (χ0v) is 12.7. The van der Waals surface area contributed by atoms with Gasteiger partial charge in [0, 0.05) is 49.6 Å². The molecule has 110 valence electrons. The average molecular weight is 283 g/mol.